The third-order valence-corrected chi connectivity index (χ3v) is 3.86. The number of aromatic nitrogens is 2. The molecule has 5 nitrogen and oxygen atoms in total. The molecule has 0 spiro atoms. The van der Waals surface area contributed by atoms with Gasteiger partial charge >= 0.3 is 0 Å². The van der Waals surface area contributed by atoms with Gasteiger partial charge in [0.15, 0.2) is 0 Å². The van der Waals surface area contributed by atoms with E-state index < -0.39 is 0 Å². The van der Waals surface area contributed by atoms with Gasteiger partial charge in [-0.05, 0) is 37.9 Å². The molecule has 1 aliphatic heterocycles. The Morgan fingerprint density at radius 3 is 3.05 bits per heavy atom. The third kappa shape index (κ3) is 3.95. The molecule has 1 unspecified atom stereocenters. The fourth-order valence-corrected chi connectivity index (χ4v) is 2.73. The van der Waals surface area contributed by atoms with Crippen LogP contribution in [0.15, 0.2) is 24.3 Å². The molecular weight excluding hydrogens is 288 g/mol. The second kappa shape index (κ2) is 7.43. The van der Waals surface area contributed by atoms with Gasteiger partial charge in [-0.3, -0.25) is 9.89 Å². The van der Waals surface area contributed by atoms with E-state index in [0.717, 1.165) is 36.2 Å². The number of benzene rings is 1. The van der Waals surface area contributed by atoms with E-state index in [1.54, 1.807) is 0 Å². The largest absolute Gasteiger partial charge is 0.355 e. The first kappa shape index (κ1) is 15.8. The number of H-pyrrole nitrogens is 1. The Morgan fingerprint density at radius 1 is 1.38 bits per heavy atom. The molecule has 1 amide bonds. The molecule has 1 aromatic heterocycles. The predicted molar refractivity (Wildman–Crippen MR) is 85.6 cm³/mol. The van der Waals surface area contributed by atoms with E-state index in [2.05, 4.69) is 20.8 Å². The van der Waals surface area contributed by atoms with Gasteiger partial charge in [0.05, 0.1) is 17.6 Å². The second-order valence-corrected chi connectivity index (χ2v) is 5.41. The number of rotatable bonds is 4. The normalized spacial score (nSPS) is 18.2. The van der Waals surface area contributed by atoms with Crippen molar-refractivity contribution in [2.45, 2.75) is 19.3 Å². The zero-order chi connectivity index (χ0) is 13.8. The maximum Gasteiger partial charge on any atom is 0.226 e. The van der Waals surface area contributed by atoms with Crippen LogP contribution in [0.3, 0.4) is 0 Å². The van der Waals surface area contributed by atoms with Gasteiger partial charge in [0, 0.05) is 11.9 Å². The standard InChI is InChI=1S/C15H20N4O.ClH/c20-15(17-10-11-4-3-7-16-9-11)8-14-12-5-1-2-6-13(12)18-19-14;/h1-2,5-6,11,16H,3-4,7-10H2,(H,17,20)(H,18,19);1H. The summed E-state index contributed by atoms with van der Waals surface area (Å²) >= 11 is 0. The number of aromatic amines is 1. The molecule has 21 heavy (non-hydrogen) atoms. The third-order valence-electron chi connectivity index (χ3n) is 3.86. The predicted octanol–water partition coefficient (Wildman–Crippen LogP) is 1.64. The highest BCUT2D eigenvalue weighted by Gasteiger charge is 2.15. The van der Waals surface area contributed by atoms with Crippen molar-refractivity contribution in [2.24, 2.45) is 5.92 Å². The fourth-order valence-electron chi connectivity index (χ4n) is 2.73. The highest BCUT2D eigenvalue weighted by Crippen LogP contribution is 2.15. The Balaban J connectivity index is 0.00000161. The number of nitrogens with zero attached hydrogens (tertiary/aromatic N) is 1. The van der Waals surface area contributed by atoms with Crippen LogP contribution in [-0.4, -0.2) is 35.7 Å². The van der Waals surface area contributed by atoms with Crippen molar-refractivity contribution in [3.8, 4) is 0 Å². The number of nitrogens with one attached hydrogen (secondary N) is 3. The van der Waals surface area contributed by atoms with E-state index in [4.69, 9.17) is 0 Å². The van der Waals surface area contributed by atoms with E-state index in [1.807, 2.05) is 24.3 Å². The maximum atomic E-state index is 12.0. The summed E-state index contributed by atoms with van der Waals surface area (Å²) in [5, 5.41) is 14.6. The molecule has 0 aliphatic carbocycles. The number of halogens is 1. The van der Waals surface area contributed by atoms with E-state index >= 15 is 0 Å². The minimum Gasteiger partial charge on any atom is -0.355 e. The number of para-hydroxylation sites is 1. The van der Waals surface area contributed by atoms with Crippen LogP contribution in [0.25, 0.3) is 10.9 Å². The van der Waals surface area contributed by atoms with Gasteiger partial charge in [-0.1, -0.05) is 18.2 Å². The van der Waals surface area contributed by atoms with Crippen LogP contribution in [0.1, 0.15) is 18.5 Å². The number of carbonyl (C=O) groups is 1. The minimum atomic E-state index is 0. The summed E-state index contributed by atoms with van der Waals surface area (Å²) in [6.45, 7) is 2.87. The average Bonchev–Trinajstić information content (AvgIpc) is 2.90. The quantitative estimate of drug-likeness (QED) is 0.804. The zero-order valence-electron chi connectivity index (χ0n) is 11.9. The SMILES string of the molecule is Cl.O=C(Cc1[nH]nc2ccccc12)NCC1CCCNC1. The Kier molecular flexibility index (Phi) is 5.59. The molecule has 3 N–H and O–H groups in total. The second-order valence-electron chi connectivity index (χ2n) is 5.41. The Morgan fingerprint density at radius 2 is 2.24 bits per heavy atom. The van der Waals surface area contributed by atoms with Crippen LogP contribution in [0.5, 0.6) is 0 Å². The molecule has 1 fully saturated rings. The lowest BCUT2D eigenvalue weighted by molar-refractivity contribution is -0.120. The minimum absolute atomic E-state index is 0. The van der Waals surface area contributed by atoms with Crippen molar-refractivity contribution < 1.29 is 4.79 Å². The zero-order valence-corrected chi connectivity index (χ0v) is 12.7. The van der Waals surface area contributed by atoms with Crippen LogP contribution >= 0.6 is 12.4 Å². The Labute approximate surface area is 130 Å². The van der Waals surface area contributed by atoms with Crippen LogP contribution in [0.4, 0.5) is 0 Å². The van der Waals surface area contributed by atoms with Gasteiger partial charge in [-0.15, -0.1) is 12.4 Å². The molecule has 6 heteroatoms. The Bertz CT molecular complexity index is 592. The number of hydrogen-bond donors (Lipinski definition) is 3. The van der Waals surface area contributed by atoms with Crippen LogP contribution in [-0.2, 0) is 11.2 Å². The summed E-state index contributed by atoms with van der Waals surface area (Å²) in [7, 11) is 0. The molecule has 1 saturated heterocycles. The highest BCUT2D eigenvalue weighted by atomic mass is 35.5. The first-order valence-electron chi connectivity index (χ1n) is 7.22. The molecule has 0 bridgehead atoms. The van der Waals surface area contributed by atoms with Crippen molar-refractivity contribution in [1.82, 2.24) is 20.8 Å². The van der Waals surface area contributed by atoms with Gasteiger partial charge in [0.25, 0.3) is 0 Å². The van der Waals surface area contributed by atoms with Crippen molar-refractivity contribution in [3.05, 3.63) is 30.0 Å². The van der Waals surface area contributed by atoms with Crippen molar-refractivity contribution in [3.63, 3.8) is 0 Å². The monoisotopic (exact) mass is 308 g/mol. The molecule has 0 saturated carbocycles. The smallest absolute Gasteiger partial charge is 0.226 e. The van der Waals surface area contributed by atoms with Gasteiger partial charge < -0.3 is 10.6 Å². The van der Waals surface area contributed by atoms with Gasteiger partial charge in [0.1, 0.15) is 0 Å². The molecule has 2 heterocycles. The lowest BCUT2D eigenvalue weighted by Gasteiger charge is -2.22. The summed E-state index contributed by atoms with van der Waals surface area (Å²) in [6.07, 6.45) is 2.76. The summed E-state index contributed by atoms with van der Waals surface area (Å²) in [4.78, 5) is 12.0. The van der Waals surface area contributed by atoms with Gasteiger partial charge in [0.2, 0.25) is 5.91 Å². The number of carbonyl (C=O) groups excluding carboxylic acids is 1. The topological polar surface area (TPSA) is 69.8 Å². The molecule has 0 radical (unpaired) electrons. The van der Waals surface area contributed by atoms with E-state index in [1.165, 1.54) is 12.8 Å². The van der Waals surface area contributed by atoms with Gasteiger partial charge in [-0.2, -0.15) is 5.10 Å². The van der Waals surface area contributed by atoms with Crippen LogP contribution in [0.2, 0.25) is 0 Å². The maximum absolute atomic E-state index is 12.0. The van der Waals surface area contributed by atoms with E-state index in [-0.39, 0.29) is 18.3 Å². The van der Waals surface area contributed by atoms with Crippen LogP contribution in [0, 0.1) is 5.92 Å². The first-order valence-corrected chi connectivity index (χ1v) is 7.22. The summed E-state index contributed by atoms with van der Waals surface area (Å²) in [5.41, 5.74) is 1.80. The molecular formula is C15H21ClN4O. The average molecular weight is 309 g/mol. The lowest BCUT2D eigenvalue weighted by Crippen LogP contribution is -2.38. The fraction of sp³-hybridized carbons (Fsp3) is 0.467. The van der Waals surface area contributed by atoms with E-state index in [0.29, 0.717) is 12.3 Å². The highest BCUT2D eigenvalue weighted by molar-refractivity contribution is 5.87. The van der Waals surface area contributed by atoms with Crippen molar-refractivity contribution >= 4 is 29.2 Å². The summed E-state index contributed by atoms with van der Waals surface area (Å²) in [5.74, 6) is 0.621. The summed E-state index contributed by atoms with van der Waals surface area (Å²) in [6, 6.07) is 7.85. The molecule has 114 valence electrons. The van der Waals surface area contributed by atoms with Crippen molar-refractivity contribution in [1.29, 1.82) is 0 Å². The number of piperidine rings is 1. The summed E-state index contributed by atoms with van der Waals surface area (Å²) < 4.78 is 0. The molecule has 1 aromatic carbocycles. The van der Waals surface area contributed by atoms with E-state index in [9.17, 15) is 4.79 Å². The number of fused-ring (bicyclic) bond motifs is 1. The molecule has 1 atom stereocenters. The van der Waals surface area contributed by atoms with Gasteiger partial charge in [-0.25, -0.2) is 0 Å². The first-order chi connectivity index (χ1) is 9.83. The molecule has 3 rings (SSSR count). The Hall–Kier alpha value is -1.59. The van der Waals surface area contributed by atoms with Crippen LogP contribution < -0.4 is 10.6 Å². The lowest BCUT2D eigenvalue weighted by atomic mass is 10.00. The number of amides is 1. The van der Waals surface area contributed by atoms with Crippen molar-refractivity contribution in [2.75, 3.05) is 19.6 Å². The number of hydrogen-bond acceptors (Lipinski definition) is 3. The molecule has 2 aromatic rings. The molecule has 1 aliphatic rings.